The van der Waals surface area contributed by atoms with Crippen LogP contribution in [0.15, 0.2) is 0 Å². The van der Waals surface area contributed by atoms with E-state index in [0.29, 0.717) is 19.5 Å². The van der Waals surface area contributed by atoms with E-state index in [-0.39, 0.29) is 12.5 Å². The Morgan fingerprint density at radius 1 is 1.29 bits per heavy atom. The van der Waals surface area contributed by atoms with Crippen molar-refractivity contribution in [1.29, 1.82) is 0 Å². The van der Waals surface area contributed by atoms with Gasteiger partial charge in [-0.2, -0.15) is 0 Å². The molecule has 1 atom stereocenters. The van der Waals surface area contributed by atoms with E-state index in [9.17, 15) is 9.59 Å². The van der Waals surface area contributed by atoms with Crippen molar-refractivity contribution in [3.63, 3.8) is 0 Å². The molecular formula is C12H23NO4. The van der Waals surface area contributed by atoms with Gasteiger partial charge in [0.2, 0.25) is 5.91 Å². The molecular weight excluding hydrogens is 222 g/mol. The van der Waals surface area contributed by atoms with Crippen LogP contribution in [-0.2, 0) is 9.59 Å². The molecule has 0 spiro atoms. The number of carboxylic acids is 1. The molecule has 0 saturated carbocycles. The van der Waals surface area contributed by atoms with Crippen molar-refractivity contribution in [2.45, 2.75) is 34.1 Å². The molecule has 0 fully saturated rings. The Bertz CT molecular complexity index is 270. The first kappa shape index (κ1) is 15.9. The minimum absolute atomic E-state index is 0.00294. The quantitative estimate of drug-likeness (QED) is 0.683. The molecule has 0 heterocycles. The summed E-state index contributed by atoms with van der Waals surface area (Å²) in [7, 11) is 0. The number of hydrogen-bond acceptors (Lipinski definition) is 3. The third-order valence-corrected chi connectivity index (χ3v) is 2.64. The normalized spacial score (nSPS) is 13.2. The smallest absolute Gasteiger partial charge is 0.316 e. The highest BCUT2D eigenvalue weighted by Crippen LogP contribution is 2.28. The zero-order valence-corrected chi connectivity index (χ0v) is 11.1. The van der Waals surface area contributed by atoms with Gasteiger partial charge < -0.3 is 15.1 Å². The van der Waals surface area contributed by atoms with Gasteiger partial charge in [-0.25, -0.2) is 0 Å². The van der Waals surface area contributed by atoms with Crippen molar-refractivity contribution in [3.05, 3.63) is 0 Å². The van der Waals surface area contributed by atoms with Gasteiger partial charge >= 0.3 is 5.97 Å². The number of nitrogens with zero attached hydrogens (tertiary/aromatic N) is 1. The number of amides is 1. The molecule has 0 aromatic carbocycles. The summed E-state index contributed by atoms with van der Waals surface area (Å²) in [5, 5.41) is 17.9. The Balaban J connectivity index is 4.87. The zero-order valence-electron chi connectivity index (χ0n) is 11.1. The Hall–Kier alpha value is -1.10. The first-order valence-electron chi connectivity index (χ1n) is 5.88. The zero-order chi connectivity index (χ0) is 13.6. The lowest BCUT2D eigenvalue weighted by Gasteiger charge is -2.31. The summed E-state index contributed by atoms with van der Waals surface area (Å²) in [5.41, 5.74) is -0.616. The summed E-state index contributed by atoms with van der Waals surface area (Å²) in [6.07, 6.45) is 0.468. The van der Waals surface area contributed by atoms with E-state index >= 15 is 0 Å². The number of rotatable bonds is 6. The maximum atomic E-state index is 12.1. The first-order valence-corrected chi connectivity index (χ1v) is 5.88. The number of carbonyl (C=O) groups is 2. The van der Waals surface area contributed by atoms with Crippen molar-refractivity contribution in [3.8, 4) is 0 Å². The number of aliphatic hydroxyl groups is 1. The van der Waals surface area contributed by atoms with Crippen molar-refractivity contribution >= 4 is 11.9 Å². The second kappa shape index (κ2) is 6.59. The third kappa shape index (κ3) is 4.73. The van der Waals surface area contributed by atoms with Crippen LogP contribution in [0.5, 0.6) is 0 Å². The van der Waals surface area contributed by atoms with E-state index in [0.717, 1.165) is 0 Å². The first-order chi connectivity index (χ1) is 7.75. The SMILES string of the molecule is CCN(CCCO)C(=O)C(C(=O)O)C(C)(C)C. The monoisotopic (exact) mass is 245 g/mol. The van der Waals surface area contributed by atoms with E-state index in [1.807, 2.05) is 0 Å². The molecule has 1 unspecified atom stereocenters. The molecule has 5 heteroatoms. The van der Waals surface area contributed by atoms with Crippen LogP contribution in [0.3, 0.4) is 0 Å². The number of carboxylic acid groups (broad SMARTS) is 1. The van der Waals surface area contributed by atoms with Gasteiger partial charge in [0.05, 0.1) is 0 Å². The standard InChI is InChI=1S/C12H23NO4/c1-5-13(7-6-8-14)10(15)9(11(16)17)12(2,3)4/h9,14H,5-8H2,1-4H3,(H,16,17). The third-order valence-electron chi connectivity index (χ3n) is 2.64. The fourth-order valence-corrected chi connectivity index (χ4v) is 1.71. The van der Waals surface area contributed by atoms with Crippen LogP contribution in [-0.4, -0.2) is 46.7 Å². The maximum Gasteiger partial charge on any atom is 0.316 e. The lowest BCUT2D eigenvalue weighted by atomic mass is 9.80. The predicted octanol–water partition coefficient (Wildman–Crippen LogP) is 0.964. The summed E-state index contributed by atoms with van der Waals surface area (Å²) < 4.78 is 0. The molecule has 0 rings (SSSR count). The van der Waals surface area contributed by atoms with Crippen molar-refractivity contribution in [1.82, 2.24) is 4.90 Å². The molecule has 0 saturated heterocycles. The highest BCUT2D eigenvalue weighted by atomic mass is 16.4. The van der Waals surface area contributed by atoms with Gasteiger partial charge in [0.15, 0.2) is 0 Å². The topological polar surface area (TPSA) is 77.8 Å². The minimum Gasteiger partial charge on any atom is -0.481 e. The predicted molar refractivity (Wildman–Crippen MR) is 64.5 cm³/mol. The van der Waals surface area contributed by atoms with E-state index in [4.69, 9.17) is 10.2 Å². The summed E-state index contributed by atoms with van der Waals surface area (Å²) in [5.74, 6) is -2.51. The Morgan fingerprint density at radius 2 is 1.82 bits per heavy atom. The van der Waals surface area contributed by atoms with Crippen LogP contribution in [0.4, 0.5) is 0 Å². The van der Waals surface area contributed by atoms with Crippen LogP contribution in [0.25, 0.3) is 0 Å². The summed E-state index contributed by atoms with van der Waals surface area (Å²) in [6.45, 7) is 7.87. The van der Waals surface area contributed by atoms with Gasteiger partial charge in [0.1, 0.15) is 5.92 Å². The van der Waals surface area contributed by atoms with E-state index in [2.05, 4.69) is 0 Å². The Morgan fingerprint density at radius 3 is 2.12 bits per heavy atom. The molecule has 0 aliphatic rings. The van der Waals surface area contributed by atoms with E-state index in [1.165, 1.54) is 4.90 Å². The molecule has 2 N–H and O–H groups in total. The van der Waals surface area contributed by atoms with Gasteiger partial charge in [-0.15, -0.1) is 0 Å². The highest BCUT2D eigenvalue weighted by Gasteiger charge is 2.39. The fourth-order valence-electron chi connectivity index (χ4n) is 1.71. The number of aliphatic hydroxyl groups excluding tert-OH is 1. The molecule has 17 heavy (non-hydrogen) atoms. The number of aliphatic carboxylic acids is 1. The van der Waals surface area contributed by atoms with Gasteiger partial charge in [-0.1, -0.05) is 20.8 Å². The lowest BCUT2D eigenvalue weighted by molar-refractivity contribution is -0.156. The number of carbonyl (C=O) groups excluding carboxylic acids is 1. The molecule has 0 aromatic rings. The highest BCUT2D eigenvalue weighted by molar-refractivity contribution is 5.97. The van der Waals surface area contributed by atoms with Crippen molar-refractivity contribution in [2.75, 3.05) is 19.7 Å². The van der Waals surface area contributed by atoms with Crippen LogP contribution in [0.2, 0.25) is 0 Å². The molecule has 0 aliphatic heterocycles. The Kier molecular flexibility index (Phi) is 6.16. The van der Waals surface area contributed by atoms with E-state index < -0.39 is 17.3 Å². The average molecular weight is 245 g/mol. The van der Waals surface area contributed by atoms with Crippen LogP contribution in [0.1, 0.15) is 34.1 Å². The molecule has 100 valence electrons. The molecule has 5 nitrogen and oxygen atoms in total. The second-order valence-electron chi connectivity index (χ2n) is 5.13. The molecule has 1 amide bonds. The van der Waals surface area contributed by atoms with Gasteiger partial charge in [0, 0.05) is 19.7 Å². The van der Waals surface area contributed by atoms with Crippen LogP contribution < -0.4 is 0 Å². The molecule has 0 radical (unpaired) electrons. The molecule has 0 bridgehead atoms. The van der Waals surface area contributed by atoms with Crippen molar-refractivity contribution in [2.24, 2.45) is 11.3 Å². The molecule has 0 aromatic heterocycles. The molecule has 0 aliphatic carbocycles. The van der Waals surface area contributed by atoms with E-state index in [1.54, 1.807) is 27.7 Å². The van der Waals surface area contributed by atoms with Gasteiger partial charge in [-0.3, -0.25) is 9.59 Å². The minimum atomic E-state index is -1.09. The number of hydrogen-bond donors (Lipinski definition) is 2. The van der Waals surface area contributed by atoms with Crippen LogP contribution >= 0.6 is 0 Å². The lowest BCUT2D eigenvalue weighted by Crippen LogP contribution is -2.45. The second-order valence-corrected chi connectivity index (χ2v) is 5.13. The van der Waals surface area contributed by atoms with Crippen molar-refractivity contribution < 1.29 is 19.8 Å². The average Bonchev–Trinajstić information content (AvgIpc) is 2.15. The maximum absolute atomic E-state index is 12.1. The largest absolute Gasteiger partial charge is 0.481 e. The summed E-state index contributed by atoms with van der Waals surface area (Å²) in [6, 6.07) is 0. The van der Waals surface area contributed by atoms with Crippen LogP contribution in [0, 0.1) is 11.3 Å². The van der Waals surface area contributed by atoms with Gasteiger partial charge in [0.25, 0.3) is 0 Å². The fraction of sp³-hybridized carbons (Fsp3) is 0.833. The summed E-state index contributed by atoms with van der Waals surface area (Å²) in [4.78, 5) is 24.8. The van der Waals surface area contributed by atoms with Gasteiger partial charge in [-0.05, 0) is 18.8 Å². The summed E-state index contributed by atoms with van der Waals surface area (Å²) >= 11 is 0. The Labute approximate surface area is 102 Å².